The Morgan fingerprint density at radius 1 is 1.33 bits per heavy atom. The smallest absolute Gasteiger partial charge is 0.317 e. The molecule has 0 radical (unpaired) electrons. The molecule has 0 unspecified atom stereocenters. The highest BCUT2D eigenvalue weighted by atomic mass is 32.2. The quantitative estimate of drug-likeness (QED) is 0.743. The van der Waals surface area contributed by atoms with Crippen molar-refractivity contribution in [1.82, 2.24) is 10.2 Å². The predicted octanol–water partition coefficient (Wildman–Crippen LogP) is 2.53. The third kappa shape index (κ3) is 6.07. The number of nitrogens with one attached hydrogen (secondary N) is 1. The number of nitrogens with zero attached hydrogens (tertiary/aromatic N) is 1. The molecule has 3 N–H and O–H groups in total. The van der Waals surface area contributed by atoms with Crippen LogP contribution in [0.4, 0.5) is 4.79 Å². The van der Waals surface area contributed by atoms with E-state index in [2.05, 4.69) is 36.5 Å². The number of aryl methyl sites for hydroxylation is 1. The van der Waals surface area contributed by atoms with E-state index in [1.807, 2.05) is 11.8 Å². The highest BCUT2D eigenvalue weighted by molar-refractivity contribution is 7.98. The number of hydrogen-bond donors (Lipinski definition) is 2. The summed E-state index contributed by atoms with van der Waals surface area (Å²) in [6.07, 6.45) is 2.31. The molecule has 1 aliphatic rings. The molecule has 2 rings (SSSR count). The van der Waals surface area contributed by atoms with E-state index in [1.165, 1.54) is 11.1 Å². The number of amides is 3. The lowest BCUT2D eigenvalue weighted by Gasteiger charge is -2.30. The first-order chi connectivity index (χ1) is 11.6. The van der Waals surface area contributed by atoms with Gasteiger partial charge in [0, 0.05) is 31.3 Å². The maximum Gasteiger partial charge on any atom is 0.317 e. The fourth-order valence-corrected chi connectivity index (χ4v) is 3.75. The molecule has 6 heteroatoms. The lowest BCUT2D eigenvalue weighted by molar-refractivity contribution is -0.123. The molecule has 1 fully saturated rings. The molecule has 1 heterocycles. The van der Waals surface area contributed by atoms with Crippen LogP contribution in [-0.4, -0.2) is 42.2 Å². The highest BCUT2D eigenvalue weighted by Crippen LogP contribution is 2.17. The van der Waals surface area contributed by atoms with Crippen molar-refractivity contribution >= 4 is 23.7 Å². The fraction of sp³-hybridized carbons (Fsp3) is 0.556. The van der Waals surface area contributed by atoms with Crippen LogP contribution in [0.5, 0.6) is 0 Å². The number of thioether (sulfide) groups is 1. The normalized spacial score (nSPS) is 15.3. The third-order valence-corrected chi connectivity index (χ3v) is 5.39. The zero-order valence-corrected chi connectivity index (χ0v) is 15.1. The third-order valence-electron chi connectivity index (χ3n) is 4.28. The van der Waals surface area contributed by atoms with E-state index in [-0.39, 0.29) is 17.9 Å². The molecule has 0 aromatic heterocycles. The summed E-state index contributed by atoms with van der Waals surface area (Å²) in [7, 11) is 0. The van der Waals surface area contributed by atoms with Gasteiger partial charge in [-0.25, -0.2) is 4.79 Å². The molecule has 24 heavy (non-hydrogen) atoms. The Balaban J connectivity index is 1.54. The summed E-state index contributed by atoms with van der Waals surface area (Å²) in [5.41, 5.74) is 7.95. The van der Waals surface area contributed by atoms with Crippen LogP contribution in [-0.2, 0) is 10.5 Å². The van der Waals surface area contributed by atoms with Gasteiger partial charge in [0.15, 0.2) is 0 Å². The van der Waals surface area contributed by atoms with Gasteiger partial charge < -0.3 is 16.0 Å². The molecule has 0 saturated carbocycles. The number of carbonyl (C=O) groups is 2. The van der Waals surface area contributed by atoms with Crippen molar-refractivity contribution in [2.24, 2.45) is 11.7 Å². The largest absolute Gasteiger partial charge is 0.369 e. The molecule has 1 saturated heterocycles. The van der Waals surface area contributed by atoms with E-state index < -0.39 is 0 Å². The number of urea groups is 1. The monoisotopic (exact) mass is 349 g/mol. The Labute approximate surface area is 148 Å². The van der Waals surface area contributed by atoms with Crippen molar-refractivity contribution in [3.63, 3.8) is 0 Å². The van der Waals surface area contributed by atoms with Gasteiger partial charge in [0.25, 0.3) is 0 Å². The predicted molar refractivity (Wildman–Crippen MR) is 98.8 cm³/mol. The van der Waals surface area contributed by atoms with E-state index in [0.717, 1.165) is 17.9 Å². The molecular formula is C18H27N3O2S. The van der Waals surface area contributed by atoms with E-state index in [4.69, 9.17) is 5.73 Å². The summed E-state index contributed by atoms with van der Waals surface area (Å²) in [5, 5.41) is 2.96. The highest BCUT2D eigenvalue weighted by Gasteiger charge is 2.25. The van der Waals surface area contributed by atoms with Crippen LogP contribution in [0.3, 0.4) is 0 Å². The van der Waals surface area contributed by atoms with Crippen LogP contribution in [0.25, 0.3) is 0 Å². The van der Waals surface area contributed by atoms with E-state index in [0.29, 0.717) is 32.5 Å². The summed E-state index contributed by atoms with van der Waals surface area (Å²) in [4.78, 5) is 25.0. The topological polar surface area (TPSA) is 75.4 Å². The maximum absolute atomic E-state index is 12.1. The Kier molecular flexibility index (Phi) is 7.43. The molecule has 1 aromatic rings. The Morgan fingerprint density at radius 3 is 2.75 bits per heavy atom. The average Bonchev–Trinajstić information content (AvgIpc) is 2.58. The lowest BCUT2D eigenvalue weighted by atomic mass is 9.96. The van der Waals surface area contributed by atoms with Crippen LogP contribution >= 0.6 is 11.8 Å². The van der Waals surface area contributed by atoms with E-state index in [1.54, 1.807) is 4.90 Å². The first-order valence-corrected chi connectivity index (χ1v) is 9.67. The van der Waals surface area contributed by atoms with Gasteiger partial charge in [-0.05, 0) is 37.5 Å². The number of carbonyl (C=O) groups excluding carboxylic acids is 2. The summed E-state index contributed by atoms with van der Waals surface area (Å²) < 4.78 is 0. The first-order valence-electron chi connectivity index (χ1n) is 8.51. The van der Waals surface area contributed by atoms with Crippen LogP contribution < -0.4 is 11.1 Å². The van der Waals surface area contributed by atoms with Gasteiger partial charge in [-0.3, -0.25) is 4.79 Å². The molecule has 1 aromatic carbocycles. The molecule has 0 aliphatic carbocycles. The minimum absolute atomic E-state index is 0.0263. The van der Waals surface area contributed by atoms with Crippen molar-refractivity contribution in [3.05, 3.63) is 35.4 Å². The van der Waals surface area contributed by atoms with Crippen molar-refractivity contribution in [1.29, 1.82) is 0 Å². The number of rotatable bonds is 7. The molecule has 0 bridgehead atoms. The molecular weight excluding hydrogens is 322 g/mol. The second-order valence-corrected chi connectivity index (χ2v) is 7.40. The van der Waals surface area contributed by atoms with Crippen molar-refractivity contribution in [3.8, 4) is 0 Å². The second kappa shape index (κ2) is 9.57. The molecule has 132 valence electrons. The number of piperidine rings is 1. The van der Waals surface area contributed by atoms with Gasteiger partial charge in [-0.2, -0.15) is 11.8 Å². The van der Waals surface area contributed by atoms with Crippen LogP contribution in [0.15, 0.2) is 24.3 Å². The molecule has 5 nitrogen and oxygen atoms in total. The Morgan fingerprint density at radius 2 is 2.08 bits per heavy atom. The minimum Gasteiger partial charge on any atom is -0.369 e. The van der Waals surface area contributed by atoms with Crippen molar-refractivity contribution in [2.45, 2.75) is 31.9 Å². The van der Waals surface area contributed by atoms with E-state index in [9.17, 15) is 9.59 Å². The molecule has 0 atom stereocenters. The molecule has 3 amide bonds. The second-order valence-electron chi connectivity index (χ2n) is 6.29. The number of benzene rings is 1. The molecule has 1 aliphatic heterocycles. The van der Waals surface area contributed by atoms with Gasteiger partial charge in [0.1, 0.15) is 0 Å². The standard InChI is InChI=1S/C18H27N3O2S/c1-14-4-2-5-15(12-14)13-24-11-3-8-20-18(23)21-9-6-16(7-10-21)17(19)22/h2,4-5,12,16H,3,6-11,13H2,1H3,(H2,19,22)(H,20,23). The summed E-state index contributed by atoms with van der Waals surface area (Å²) in [5.74, 6) is 1.71. The fourth-order valence-electron chi connectivity index (χ4n) is 2.84. The van der Waals surface area contributed by atoms with Gasteiger partial charge in [0.2, 0.25) is 5.91 Å². The Bertz CT molecular complexity index is 557. The zero-order chi connectivity index (χ0) is 17.4. The van der Waals surface area contributed by atoms with Crippen molar-refractivity contribution in [2.75, 3.05) is 25.4 Å². The van der Waals surface area contributed by atoms with Gasteiger partial charge in [-0.15, -0.1) is 0 Å². The first kappa shape index (κ1) is 18.6. The SMILES string of the molecule is Cc1cccc(CSCCCNC(=O)N2CCC(C(N)=O)CC2)c1. The Hall–Kier alpha value is -1.69. The number of hydrogen-bond acceptors (Lipinski definition) is 3. The maximum atomic E-state index is 12.1. The van der Waals surface area contributed by atoms with Crippen LogP contribution in [0.1, 0.15) is 30.4 Å². The lowest BCUT2D eigenvalue weighted by Crippen LogP contribution is -2.46. The van der Waals surface area contributed by atoms with Crippen molar-refractivity contribution < 1.29 is 9.59 Å². The number of likely N-dealkylation sites (tertiary alicyclic amines) is 1. The summed E-state index contributed by atoms with van der Waals surface area (Å²) in [6, 6.07) is 8.53. The summed E-state index contributed by atoms with van der Waals surface area (Å²) >= 11 is 1.89. The van der Waals surface area contributed by atoms with Gasteiger partial charge in [0.05, 0.1) is 0 Å². The molecule has 0 spiro atoms. The summed E-state index contributed by atoms with van der Waals surface area (Å²) in [6.45, 7) is 4.02. The average molecular weight is 350 g/mol. The number of primary amides is 1. The van der Waals surface area contributed by atoms with Gasteiger partial charge >= 0.3 is 6.03 Å². The minimum atomic E-state index is -0.249. The van der Waals surface area contributed by atoms with Crippen LogP contribution in [0, 0.1) is 12.8 Å². The number of nitrogens with two attached hydrogens (primary N) is 1. The zero-order valence-electron chi connectivity index (χ0n) is 14.3. The van der Waals surface area contributed by atoms with Crippen LogP contribution in [0.2, 0.25) is 0 Å². The van der Waals surface area contributed by atoms with E-state index >= 15 is 0 Å². The van der Waals surface area contributed by atoms with Gasteiger partial charge in [-0.1, -0.05) is 29.8 Å².